The van der Waals surface area contributed by atoms with Gasteiger partial charge in [-0.2, -0.15) is 20.5 Å². The van der Waals surface area contributed by atoms with Gasteiger partial charge in [0, 0.05) is 42.6 Å². The minimum absolute atomic E-state index is 0.00646. The Balaban J connectivity index is 0.00000156. The van der Waals surface area contributed by atoms with E-state index in [0.717, 1.165) is 11.3 Å². The molecule has 0 unspecified atom stereocenters. The Morgan fingerprint density at radius 3 is 2.41 bits per heavy atom. The fraction of sp³-hybridized carbons (Fsp3) is 0.526. The summed E-state index contributed by atoms with van der Waals surface area (Å²) >= 11 is 2.67. The first-order chi connectivity index (χ1) is 18.1. The van der Waals surface area contributed by atoms with Crippen LogP contribution in [0, 0.1) is 0 Å². The molecule has 39 heavy (non-hydrogen) atoms. The summed E-state index contributed by atoms with van der Waals surface area (Å²) in [6, 6.07) is 0. The molecule has 0 aromatic carbocycles. The predicted octanol–water partition coefficient (Wildman–Crippen LogP) is 1.62. The van der Waals surface area contributed by atoms with Crippen LogP contribution in [-0.2, 0) is 25.4 Å². The third-order valence-corrected chi connectivity index (χ3v) is 6.92. The average Bonchev–Trinajstić information content (AvgIpc) is 3.27. The van der Waals surface area contributed by atoms with Gasteiger partial charge in [0.15, 0.2) is 11.1 Å². The molecule has 0 amide bonds. The maximum Gasteiger partial charge on any atom is 0.328 e. The number of rotatable bonds is 14. The van der Waals surface area contributed by atoms with Crippen LogP contribution in [0.3, 0.4) is 0 Å². The third-order valence-electron chi connectivity index (χ3n) is 3.67. The van der Waals surface area contributed by atoms with Crippen molar-refractivity contribution in [3.63, 3.8) is 0 Å². The zero-order chi connectivity index (χ0) is 30.1. The summed E-state index contributed by atoms with van der Waals surface area (Å²) < 4.78 is 75.7. The smallest absolute Gasteiger partial charge is 0.328 e. The van der Waals surface area contributed by atoms with E-state index in [4.69, 9.17) is 15.9 Å². The predicted molar refractivity (Wildman–Crippen MR) is 142 cm³/mol. The van der Waals surface area contributed by atoms with E-state index < -0.39 is 46.8 Å². The van der Waals surface area contributed by atoms with Gasteiger partial charge >= 0.3 is 24.3 Å². The number of guanidine groups is 2. The Bertz CT molecular complexity index is 1100. The molecule has 0 radical (unpaired) electrons. The Morgan fingerprint density at radius 2 is 1.90 bits per heavy atom. The summed E-state index contributed by atoms with van der Waals surface area (Å²) in [5, 5.41) is 23.0. The molecule has 1 aromatic rings. The summed E-state index contributed by atoms with van der Waals surface area (Å²) in [4.78, 5) is 30.4. The summed E-state index contributed by atoms with van der Waals surface area (Å²) in [7, 11) is -1.95. The van der Waals surface area contributed by atoms with Crippen LogP contribution in [0.2, 0.25) is 0 Å². The third kappa shape index (κ3) is 17.9. The maximum absolute atomic E-state index is 12.8. The molecular weight excluding hydrogens is 594 g/mol. The number of nitrogens with zero attached hydrogens (tertiary/aromatic N) is 3. The Labute approximate surface area is 230 Å². The molecule has 1 heterocycles. The fourth-order valence-corrected chi connectivity index (χ4v) is 4.70. The van der Waals surface area contributed by atoms with Crippen LogP contribution in [-0.4, -0.2) is 91.5 Å². The molecule has 0 atom stereocenters. The number of alkyl halides is 4. The van der Waals surface area contributed by atoms with E-state index in [-0.39, 0.29) is 11.7 Å². The lowest BCUT2D eigenvalue weighted by atomic mass is 10.3. The minimum Gasteiger partial charge on any atom is -0.478 e. The van der Waals surface area contributed by atoms with E-state index >= 15 is 0 Å². The highest BCUT2D eigenvalue weighted by Crippen LogP contribution is 2.23. The molecule has 0 spiro atoms. The van der Waals surface area contributed by atoms with Gasteiger partial charge in [-0.05, 0) is 6.42 Å². The van der Waals surface area contributed by atoms with Crippen molar-refractivity contribution in [2.24, 2.45) is 15.7 Å². The van der Waals surface area contributed by atoms with E-state index in [1.165, 1.54) is 18.8 Å². The molecule has 7 N–H and O–H groups in total. The maximum atomic E-state index is 12.8. The molecule has 13 nitrogen and oxygen atoms in total. The molecule has 0 fully saturated rings. The van der Waals surface area contributed by atoms with Crippen LogP contribution in [0.25, 0.3) is 0 Å². The van der Waals surface area contributed by atoms with Crippen LogP contribution in [0.4, 0.5) is 22.7 Å². The van der Waals surface area contributed by atoms with E-state index in [1.807, 2.05) is 0 Å². The van der Waals surface area contributed by atoms with E-state index in [2.05, 4.69) is 30.3 Å². The number of carboxylic acids is 2. The fourth-order valence-electron chi connectivity index (χ4n) is 2.03. The van der Waals surface area contributed by atoms with Gasteiger partial charge < -0.3 is 26.6 Å². The van der Waals surface area contributed by atoms with Crippen LogP contribution in [0.15, 0.2) is 27.5 Å². The lowest BCUT2D eigenvalue weighted by Crippen LogP contribution is -2.42. The molecular formula is C19H29F4N7O6S3. The first kappa shape index (κ1) is 35.9. The number of carbonyl (C=O) groups is 2. The highest BCUT2D eigenvalue weighted by Gasteiger charge is 2.40. The zero-order valence-corrected chi connectivity index (χ0v) is 23.2. The molecule has 1 rings (SSSR count). The Kier molecular flexibility index (Phi) is 16.7. The number of nitrogens with two attached hydrogens (primary N) is 1. The summed E-state index contributed by atoms with van der Waals surface area (Å²) in [5.41, 5.74) is 6.11. The number of anilines is 1. The first-order valence-electron chi connectivity index (χ1n) is 10.7. The standard InChI is InChI=1S/C15H25F4N7O2S3.C4H4O4/c1-3-6-31(27,28)26-13(21-2)22-4-5-29-7-10-8-30-14(24-10)25-12(20)23-9-15(18,19)11(16)17;5-3(6)1-2-4(7)8/h8,11H,3-7,9H2,1-2H3,(H2,21,22,26)(H3,20,23,24,25);1-2H,(H,5,6)(H,7,8)/b;2-1-. The van der Waals surface area contributed by atoms with Crippen molar-refractivity contribution in [3.8, 4) is 0 Å². The second-order valence-electron chi connectivity index (χ2n) is 7.01. The largest absolute Gasteiger partial charge is 0.478 e. The number of thiazole rings is 1. The van der Waals surface area contributed by atoms with Crippen LogP contribution in [0.1, 0.15) is 19.0 Å². The molecule has 0 saturated carbocycles. The highest BCUT2D eigenvalue weighted by molar-refractivity contribution is 7.98. The van der Waals surface area contributed by atoms with Crippen LogP contribution >= 0.6 is 23.1 Å². The van der Waals surface area contributed by atoms with Gasteiger partial charge in [0.05, 0.1) is 11.4 Å². The number of thioether (sulfide) groups is 1. The molecule has 1 aromatic heterocycles. The minimum atomic E-state index is -4.25. The zero-order valence-electron chi connectivity index (χ0n) is 20.7. The number of sulfonamides is 1. The van der Waals surface area contributed by atoms with E-state index in [0.29, 0.717) is 47.4 Å². The second-order valence-corrected chi connectivity index (χ2v) is 10.8. The normalized spacial score (nSPS) is 12.7. The lowest BCUT2D eigenvalue weighted by Gasteiger charge is -2.12. The number of aliphatic carboxylic acids is 2. The quantitative estimate of drug-likeness (QED) is 0.0577. The van der Waals surface area contributed by atoms with Gasteiger partial charge in [0.2, 0.25) is 16.0 Å². The summed E-state index contributed by atoms with van der Waals surface area (Å²) in [6.45, 7) is 0.792. The van der Waals surface area contributed by atoms with Gasteiger partial charge in [-0.25, -0.2) is 36.8 Å². The van der Waals surface area contributed by atoms with Crippen molar-refractivity contribution in [2.75, 3.05) is 37.0 Å². The highest BCUT2D eigenvalue weighted by atomic mass is 32.2. The molecule has 0 bridgehead atoms. The molecule has 0 saturated heterocycles. The second kappa shape index (κ2) is 18.2. The number of nitrogens with one attached hydrogen (secondary N) is 3. The number of aromatic nitrogens is 1. The summed E-state index contributed by atoms with van der Waals surface area (Å²) in [5.74, 6) is -5.87. The average molecular weight is 624 g/mol. The van der Waals surface area contributed by atoms with Crippen molar-refractivity contribution in [2.45, 2.75) is 31.4 Å². The number of aliphatic imine (C=N–C) groups is 2. The number of carboxylic acid groups (broad SMARTS) is 2. The molecule has 0 aliphatic carbocycles. The monoisotopic (exact) mass is 623 g/mol. The van der Waals surface area contributed by atoms with Crippen LogP contribution < -0.4 is 21.1 Å². The topological polar surface area (TPSA) is 208 Å². The molecule has 222 valence electrons. The number of hydrogen-bond donors (Lipinski definition) is 6. The van der Waals surface area contributed by atoms with E-state index in [9.17, 15) is 35.6 Å². The number of halogens is 4. The first-order valence-corrected chi connectivity index (χ1v) is 14.4. The van der Waals surface area contributed by atoms with Crippen molar-refractivity contribution in [1.29, 1.82) is 0 Å². The SMILES string of the molecule is CCCS(=O)(=O)NC(=NC)NCCSCc1csc(NC(N)=NCC(F)(F)C(F)F)n1.O=C(O)/C=C\C(=O)O. The Hall–Kier alpha value is -3.13. The number of hydrogen-bond acceptors (Lipinski definition) is 9. The molecule has 0 aliphatic heterocycles. The van der Waals surface area contributed by atoms with Crippen molar-refractivity contribution in [3.05, 3.63) is 23.2 Å². The van der Waals surface area contributed by atoms with Gasteiger partial charge in [0.25, 0.3) is 0 Å². The molecule has 20 heteroatoms. The van der Waals surface area contributed by atoms with Crippen molar-refractivity contribution < 1.29 is 45.8 Å². The van der Waals surface area contributed by atoms with Gasteiger partial charge in [0.1, 0.15) is 6.54 Å². The van der Waals surface area contributed by atoms with E-state index in [1.54, 1.807) is 12.3 Å². The summed E-state index contributed by atoms with van der Waals surface area (Å²) in [6.07, 6.45) is -2.21. The van der Waals surface area contributed by atoms with Gasteiger partial charge in [-0.15, -0.1) is 11.3 Å². The molecule has 0 aliphatic rings. The van der Waals surface area contributed by atoms with Crippen molar-refractivity contribution in [1.82, 2.24) is 15.0 Å². The Morgan fingerprint density at radius 1 is 1.28 bits per heavy atom. The van der Waals surface area contributed by atoms with Gasteiger partial charge in [-0.1, -0.05) is 6.92 Å². The van der Waals surface area contributed by atoms with Crippen molar-refractivity contribution >= 4 is 62.1 Å². The van der Waals surface area contributed by atoms with Gasteiger partial charge in [-0.3, -0.25) is 9.71 Å². The lowest BCUT2D eigenvalue weighted by molar-refractivity contribution is -0.134. The van der Waals surface area contributed by atoms with Crippen LogP contribution in [0.5, 0.6) is 0 Å².